The van der Waals surface area contributed by atoms with E-state index in [4.69, 9.17) is 14.9 Å². The minimum atomic E-state index is -1.56. The highest BCUT2D eigenvalue weighted by Gasteiger charge is 2.24. The molecule has 0 heterocycles. The van der Waals surface area contributed by atoms with Crippen LogP contribution in [0.15, 0.2) is 0 Å². The van der Waals surface area contributed by atoms with Gasteiger partial charge in [-0.2, -0.15) is 0 Å². The Morgan fingerprint density at radius 1 is 1.24 bits per heavy atom. The van der Waals surface area contributed by atoms with E-state index in [0.29, 0.717) is 6.61 Å². The van der Waals surface area contributed by atoms with E-state index in [1.54, 1.807) is 0 Å². The summed E-state index contributed by atoms with van der Waals surface area (Å²) in [6.07, 6.45) is -0.755. The van der Waals surface area contributed by atoms with Crippen LogP contribution in [0.5, 0.6) is 0 Å². The molecule has 0 saturated heterocycles. The minimum absolute atomic E-state index is 0.279. The molecule has 0 radical (unpaired) electrons. The predicted octanol–water partition coefficient (Wildman–Crippen LogP) is -1.68. The number of likely N-dealkylation sites (N-methyl/N-ethyl adjacent to an activating group) is 1. The standard InChI is InChI=1S/C11H19N3O7/c1-14(6-8(15)12-3-4-21-2)11(20)13-7(10(18)19)5-9(16)17/h7H,3-6H2,1-2H3,(H,12,15)(H,13,20)(H,16,17)(H,18,19)/t7-/m0/s1. The molecule has 0 aliphatic heterocycles. The number of nitrogens with zero attached hydrogens (tertiary/aromatic N) is 1. The second kappa shape index (κ2) is 9.53. The summed E-state index contributed by atoms with van der Waals surface area (Å²) in [5.41, 5.74) is 0. The number of rotatable bonds is 9. The van der Waals surface area contributed by atoms with Crippen LogP contribution in [0.1, 0.15) is 6.42 Å². The molecular weight excluding hydrogens is 286 g/mol. The van der Waals surface area contributed by atoms with Crippen LogP contribution in [0.3, 0.4) is 0 Å². The van der Waals surface area contributed by atoms with Crippen molar-refractivity contribution >= 4 is 23.9 Å². The van der Waals surface area contributed by atoms with E-state index in [0.717, 1.165) is 4.90 Å². The molecule has 10 heteroatoms. The molecule has 0 aromatic carbocycles. The third-order valence-electron chi connectivity index (χ3n) is 2.33. The number of methoxy groups -OCH3 is 1. The van der Waals surface area contributed by atoms with Gasteiger partial charge in [0.05, 0.1) is 13.0 Å². The number of carboxylic acids is 2. The van der Waals surface area contributed by atoms with Crippen LogP contribution in [-0.4, -0.2) is 78.9 Å². The summed E-state index contributed by atoms with van der Waals surface area (Å²) in [5.74, 6) is -3.28. The Labute approximate surface area is 121 Å². The molecule has 0 rings (SSSR count). The van der Waals surface area contributed by atoms with Crippen LogP contribution < -0.4 is 10.6 Å². The molecular formula is C11H19N3O7. The van der Waals surface area contributed by atoms with E-state index < -0.39 is 36.3 Å². The van der Waals surface area contributed by atoms with Gasteiger partial charge < -0.3 is 30.5 Å². The van der Waals surface area contributed by atoms with E-state index in [2.05, 4.69) is 5.32 Å². The molecule has 10 nitrogen and oxygen atoms in total. The summed E-state index contributed by atoms with van der Waals surface area (Å²) < 4.78 is 4.73. The van der Waals surface area contributed by atoms with Gasteiger partial charge in [0.2, 0.25) is 5.91 Å². The average Bonchev–Trinajstić information content (AvgIpc) is 2.37. The van der Waals surface area contributed by atoms with Crippen molar-refractivity contribution in [3.05, 3.63) is 0 Å². The van der Waals surface area contributed by atoms with E-state index in [-0.39, 0.29) is 13.1 Å². The van der Waals surface area contributed by atoms with Gasteiger partial charge in [0.25, 0.3) is 0 Å². The van der Waals surface area contributed by atoms with Crippen molar-refractivity contribution in [3.8, 4) is 0 Å². The van der Waals surface area contributed by atoms with Crippen molar-refractivity contribution in [2.24, 2.45) is 0 Å². The minimum Gasteiger partial charge on any atom is -0.481 e. The third-order valence-corrected chi connectivity index (χ3v) is 2.33. The predicted molar refractivity (Wildman–Crippen MR) is 69.7 cm³/mol. The quantitative estimate of drug-likeness (QED) is 0.372. The number of carbonyl (C=O) groups is 4. The van der Waals surface area contributed by atoms with Crippen molar-refractivity contribution in [1.82, 2.24) is 15.5 Å². The lowest BCUT2D eigenvalue weighted by Gasteiger charge is -2.20. The van der Waals surface area contributed by atoms with Gasteiger partial charge in [0.1, 0.15) is 12.6 Å². The van der Waals surface area contributed by atoms with Gasteiger partial charge in [0, 0.05) is 20.7 Å². The number of amides is 3. The summed E-state index contributed by atoms with van der Waals surface area (Å²) in [6.45, 7) is 0.303. The van der Waals surface area contributed by atoms with Crippen LogP contribution in [0.4, 0.5) is 4.79 Å². The number of nitrogens with one attached hydrogen (secondary N) is 2. The second-order valence-corrected chi connectivity index (χ2v) is 4.14. The molecule has 4 N–H and O–H groups in total. The van der Waals surface area contributed by atoms with E-state index in [1.807, 2.05) is 5.32 Å². The van der Waals surface area contributed by atoms with Crippen molar-refractivity contribution in [2.75, 3.05) is 33.9 Å². The zero-order valence-electron chi connectivity index (χ0n) is 11.8. The topological polar surface area (TPSA) is 145 Å². The van der Waals surface area contributed by atoms with Gasteiger partial charge in [-0.25, -0.2) is 9.59 Å². The molecule has 0 aliphatic carbocycles. The highest BCUT2D eigenvalue weighted by atomic mass is 16.5. The summed E-state index contributed by atoms with van der Waals surface area (Å²) in [4.78, 5) is 45.3. The molecule has 0 aromatic rings. The summed E-state index contributed by atoms with van der Waals surface area (Å²) in [7, 11) is 2.76. The number of carbonyl (C=O) groups excluding carboxylic acids is 2. The third kappa shape index (κ3) is 8.42. The number of ether oxygens (including phenoxy) is 1. The number of hydrogen-bond donors (Lipinski definition) is 4. The number of carboxylic acid groups (broad SMARTS) is 2. The van der Waals surface area contributed by atoms with Crippen molar-refractivity contribution < 1.29 is 34.1 Å². The maximum atomic E-state index is 11.7. The fourth-order valence-electron chi connectivity index (χ4n) is 1.27. The molecule has 0 aliphatic rings. The molecule has 0 aromatic heterocycles. The monoisotopic (exact) mass is 305 g/mol. The fourth-order valence-corrected chi connectivity index (χ4v) is 1.27. The normalized spacial score (nSPS) is 11.3. The second-order valence-electron chi connectivity index (χ2n) is 4.14. The first-order valence-corrected chi connectivity index (χ1v) is 5.99. The molecule has 0 saturated carbocycles. The first kappa shape index (κ1) is 18.6. The van der Waals surface area contributed by atoms with Gasteiger partial charge in [0.15, 0.2) is 0 Å². The van der Waals surface area contributed by atoms with Gasteiger partial charge in [-0.3, -0.25) is 9.59 Å². The van der Waals surface area contributed by atoms with Crippen LogP contribution >= 0.6 is 0 Å². The van der Waals surface area contributed by atoms with Gasteiger partial charge in [-0.1, -0.05) is 0 Å². The SMILES string of the molecule is COCCNC(=O)CN(C)C(=O)N[C@@H](CC(=O)O)C(=O)O. The van der Waals surface area contributed by atoms with E-state index in [1.165, 1.54) is 14.2 Å². The molecule has 0 bridgehead atoms. The van der Waals surface area contributed by atoms with Crippen LogP contribution in [0, 0.1) is 0 Å². The van der Waals surface area contributed by atoms with Crippen molar-refractivity contribution in [1.29, 1.82) is 0 Å². The molecule has 120 valence electrons. The first-order chi connectivity index (χ1) is 9.77. The van der Waals surface area contributed by atoms with Gasteiger partial charge in [-0.15, -0.1) is 0 Å². The lowest BCUT2D eigenvalue weighted by Crippen LogP contribution is -2.49. The highest BCUT2D eigenvalue weighted by Crippen LogP contribution is 1.95. The molecule has 0 unspecified atom stereocenters. The van der Waals surface area contributed by atoms with Crippen LogP contribution in [-0.2, 0) is 19.1 Å². The Morgan fingerprint density at radius 2 is 1.86 bits per heavy atom. The average molecular weight is 305 g/mol. The number of hydrogen-bond acceptors (Lipinski definition) is 5. The summed E-state index contributed by atoms with van der Waals surface area (Å²) in [6, 6.07) is -2.42. The Bertz CT molecular complexity index is 399. The summed E-state index contributed by atoms with van der Waals surface area (Å²) >= 11 is 0. The smallest absolute Gasteiger partial charge is 0.326 e. The zero-order valence-corrected chi connectivity index (χ0v) is 11.8. The highest BCUT2D eigenvalue weighted by molar-refractivity contribution is 5.88. The van der Waals surface area contributed by atoms with Gasteiger partial charge in [-0.05, 0) is 0 Å². The largest absolute Gasteiger partial charge is 0.481 e. The van der Waals surface area contributed by atoms with Gasteiger partial charge >= 0.3 is 18.0 Å². The number of urea groups is 1. The zero-order chi connectivity index (χ0) is 16.4. The summed E-state index contributed by atoms with van der Waals surface area (Å²) in [5, 5.41) is 21.8. The Morgan fingerprint density at radius 3 is 2.33 bits per heavy atom. The first-order valence-electron chi connectivity index (χ1n) is 5.99. The maximum absolute atomic E-state index is 11.7. The van der Waals surface area contributed by atoms with Crippen molar-refractivity contribution in [2.45, 2.75) is 12.5 Å². The molecule has 0 spiro atoms. The van der Waals surface area contributed by atoms with Crippen LogP contribution in [0.2, 0.25) is 0 Å². The van der Waals surface area contributed by atoms with E-state index >= 15 is 0 Å². The fraction of sp³-hybridized carbons (Fsp3) is 0.636. The Balaban J connectivity index is 4.32. The Hall–Kier alpha value is -2.36. The number of aliphatic carboxylic acids is 2. The lowest BCUT2D eigenvalue weighted by atomic mass is 10.2. The maximum Gasteiger partial charge on any atom is 0.326 e. The molecule has 1 atom stereocenters. The van der Waals surface area contributed by atoms with E-state index in [9.17, 15) is 19.2 Å². The van der Waals surface area contributed by atoms with Crippen LogP contribution in [0.25, 0.3) is 0 Å². The van der Waals surface area contributed by atoms with Crippen molar-refractivity contribution in [3.63, 3.8) is 0 Å². The lowest BCUT2D eigenvalue weighted by molar-refractivity contribution is -0.145. The Kier molecular flexibility index (Phi) is 8.46. The molecule has 3 amide bonds. The molecule has 21 heavy (non-hydrogen) atoms. The molecule has 0 fully saturated rings.